The van der Waals surface area contributed by atoms with Gasteiger partial charge in [-0.3, -0.25) is 0 Å². The van der Waals surface area contributed by atoms with Crippen molar-refractivity contribution in [2.45, 2.75) is 40.2 Å². The zero-order chi connectivity index (χ0) is 14.3. The van der Waals surface area contributed by atoms with Crippen LogP contribution in [0.4, 0.5) is 11.8 Å². The molecule has 5 nitrogen and oxygen atoms in total. The summed E-state index contributed by atoms with van der Waals surface area (Å²) in [5, 5.41) is 3.21. The molecule has 5 heteroatoms. The minimum atomic E-state index is 0.265. The molecule has 0 aliphatic heterocycles. The molecule has 1 N–H and O–H groups in total. The summed E-state index contributed by atoms with van der Waals surface area (Å²) >= 11 is 0. The Morgan fingerprint density at radius 1 is 1.42 bits per heavy atom. The first kappa shape index (κ1) is 15.7. The van der Waals surface area contributed by atoms with E-state index < -0.39 is 0 Å². The largest absolute Gasteiger partial charge is 0.377 e. The van der Waals surface area contributed by atoms with E-state index in [0.717, 1.165) is 30.9 Å². The van der Waals surface area contributed by atoms with Crippen molar-refractivity contribution < 1.29 is 4.74 Å². The van der Waals surface area contributed by atoms with Crippen molar-refractivity contribution in [2.24, 2.45) is 0 Å². The molecule has 1 aromatic rings. The highest BCUT2D eigenvalue weighted by Gasteiger charge is 2.08. The SMILES string of the molecule is CCCNc1ncc(C)c(N(C)CCOC(C)C)n1. The number of likely N-dealkylation sites (N-methyl/N-ethyl adjacent to an activating group) is 1. The van der Waals surface area contributed by atoms with Crippen LogP contribution in [0.1, 0.15) is 32.8 Å². The highest BCUT2D eigenvalue weighted by molar-refractivity contribution is 5.48. The van der Waals surface area contributed by atoms with Crippen LogP contribution in [0.15, 0.2) is 6.20 Å². The van der Waals surface area contributed by atoms with Crippen LogP contribution < -0.4 is 10.2 Å². The van der Waals surface area contributed by atoms with E-state index in [1.54, 1.807) is 0 Å². The summed E-state index contributed by atoms with van der Waals surface area (Å²) in [5.41, 5.74) is 1.08. The van der Waals surface area contributed by atoms with Gasteiger partial charge in [-0.15, -0.1) is 0 Å². The van der Waals surface area contributed by atoms with E-state index in [-0.39, 0.29) is 6.10 Å². The predicted octanol–water partition coefficient (Wildman–Crippen LogP) is 2.47. The maximum Gasteiger partial charge on any atom is 0.224 e. The van der Waals surface area contributed by atoms with Crippen LogP contribution >= 0.6 is 0 Å². The summed E-state index contributed by atoms with van der Waals surface area (Å²) < 4.78 is 5.57. The van der Waals surface area contributed by atoms with Crippen LogP contribution in [-0.4, -0.2) is 42.8 Å². The van der Waals surface area contributed by atoms with Gasteiger partial charge in [0, 0.05) is 31.9 Å². The Hall–Kier alpha value is -1.36. The van der Waals surface area contributed by atoms with Crippen LogP contribution in [0.25, 0.3) is 0 Å². The normalized spacial score (nSPS) is 10.8. The van der Waals surface area contributed by atoms with Gasteiger partial charge in [-0.25, -0.2) is 4.98 Å². The Kier molecular flexibility index (Phi) is 6.56. The second-order valence-corrected chi connectivity index (χ2v) is 4.97. The molecule has 0 spiro atoms. The van der Waals surface area contributed by atoms with E-state index in [0.29, 0.717) is 12.6 Å². The average molecular weight is 266 g/mol. The summed E-state index contributed by atoms with van der Waals surface area (Å²) in [4.78, 5) is 11.0. The van der Waals surface area contributed by atoms with E-state index >= 15 is 0 Å². The number of nitrogens with one attached hydrogen (secondary N) is 1. The van der Waals surface area contributed by atoms with Gasteiger partial charge in [0.05, 0.1) is 12.7 Å². The van der Waals surface area contributed by atoms with Gasteiger partial charge in [0.25, 0.3) is 0 Å². The molecule has 0 bridgehead atoms. The number of rotatable bonds is 8. The summed E-state index contributed by atoms with van der Waals surface area (Å²) in [6, 6.07) is 0. The molecule has 1 rings (SSSR count). The van der Waals surface area contributed by atoms with Crippen molar-refractivity contribution in [3.63, 3.8) is 0 Å². The fourth-order valence-electron chi connectivity index (χ4n) is 1.67. The molecule has 0 aliphatic rings. The second-order valence-electron chi connectivity index (χ2n) is 4.97. The van der Waals surface area contributed by atoms with Crippen molar-refractivity contribution >= 4 is 11.8 Å². The lowest BCUT2D eigenvalue weighted by atomic mass is 10.3. The van der Waals surface area contributed by atoms with Gasteiger partial charge in [0.1, 0.15) is 5.82 Å². The molecule has 0 saturated heterocycles. The summed E-state index contributed by atoms with van der Waals surface area (Å²) in [6.45, 7) is 10.7. The minimum absolute atomic E-state index is 0.265. The predicted molar refractivity (Wildman–Crippen MR) is 79.9 cm³/mol. The molecule has 1 heterocycles. The topological polar surface area (TPSA) is 50.3 Å². The van der Waals surface area contributed by atoms with Crippen LogP contribution in [-0.2, 0) is 4.74 Å². The molecule has 0 fully saturated rings. The molecular formula is C14H26N4O. The Morgan fingerprint density at radius 2 is 2.16 bits per heavy atom. The smallest absolute Gasteiger partial charge is 0.224 e. The molecule has 0 saturated carbocycles. The van der Waals surface area contributed by atoms with Crippen LogP contribution in [0.3, 0.4) is 0 Å². The molecule has 1 aromatic heterocycles. The van der Waals surface area contributed by atoms with E-state index in [1.807, 2.05) is 34.0 Å². The molecular weight excluding hydrogens is 240 g/mol. The molecule has 19 heavy (non-hydrogen) atoms. The molecule has 0 radical (unpaired) electrons. The Bertz CT molecular complexity index is 382. The summed E-state index contributed by atoms with van der Waals surface area (Å²) in [7, 11) is 2.03. The molecule has 0 aromatic carbocycles. The van der Waals surface area contributed by atoms with Gasteiger partial charge in [0.2, 0.25) is 5.95 Å². The van der Waals surface area contributed by atoms with Crippen LogP contribution in [0, 0.1) is 6.92 Å². The number of ether oxygens (including phenoxy) is 1. The van der Waals surface area contributed by atoms with Gasteiger partial charge >= 0.3 is 0 Å². The molecule has 108 valence electrons. The Morgan fingerprint density at radius 3 is 2.79 bits per heavy atom. The number of hydrogen-bond donors (Lipinski definition) is 1. The molecule has 0 aliphatic carbocycles. The number of aryl methyl sites for hydroxylation is 1. The van der Waals surface area contributed by atoms with Crippen molar-refractivity contribution in [2.75, 3.05) is 37.0 Å². The average Bonchev–Trinajstić information content (AvgIpc) is 2.37. The number of hydrogen-bond acceptors (Lipinski definition) is 5. The van der Waals surface area contributed by atoms with E-state index in [4.69, 9.17) is 4.74 Å². The van der Waals surface area contributed by atoms with E-state index in [9.17, 15) is 0 Å². The molecule has 0 atom stereocenters. The zero-order valence-electron chi connectivity index (χ0n) is 12.7. The maximum absolute atomic E-state index is 5.57. The number of anilines is 2. The highest BCUT2D eigenvalue weighted by Crippen LogP contribution is 2.16. The van der Waals surface area contributed by atoms with Crippen molar-refractivity contribution in [3.05, 3.63) is 11.8 Å². The van der Waals surface area contributed by atoms with E-state index in [1.165, 1.54) is 0 Å². The first-order valence-electron chi connectivity index (χ1n) is 6.94. The highest BCUT2D eigenvalue weighted by atomic mass is 16.5. The Labute approximate surface area is 116 Å². The lowest BCUT2D eigenvalue weighted by Gasteiger charge is -2.21. The number of nitrogens with zero attached hydrogens (tertiary/aromatic N) is 3. The van der Waals surface area contributed by atoms with Crippen LogP contribution in [0.5, 0.6) is 0 Å². The molecule has 0 amide bonds. The van der Waals surface area contributed by atoms with Crippen molar-refractivity contribution in [1.82, 2.24) is 9.97 Å². The Balaban J connectivity index is 2.63. The fourth-order valence-corrected chi connectivity index (χ4v) is 1.67. The van der Waals surface area contributed by atoms with Gasteiger partial charge in [0.15, 0.2) is 0 Å². The minimum Gasteiger partial charge on any atom is -0.377 e. The fraction of sp³-hybridized carbons (Fsp3) is 0.714. The quantitative estimate of drug-likeness (QED) is 0.783. The lowest BCUT2D eigenvalue weighted by molar-refractivity contribution is 0.0845. The van der Waals surface area contributed by atoms with Crippen molar-refractivity contribution in [1.29, 1.82) is 0 Å². The third-order valence-corrected chi connectivity index (χ3v) is 2.72. The standard InChI is InChI=1S/C14H26N4O/c1-6-7-15-14-16-10-12(4)13(17-14)18(5)8-9-19-11(2)3/h10-11H,6-9H2,1-5H3,(H,15,16,17). The van der Waals surface area contributed by atoms with Crippen LogP contribution in [0.2, 0.25) is 0 Å². The second kappa shape index (κ2) is 7.94. The first-order valence-corrected chi connectivity index (χ1v) is 6.94. The molecule has 0 unspecified atom stereocenters. The maximum atomic E-state index is 5.57. The van der Waals surface area contributed by atoms with E-state index in [2.05, 4.69) is 27.1 Å². The van der Waals surface area contributed by atoms with Gasteiger partial charge < -0.3 is 15.0 Å². The zero-order valence-corrected chi connectivity index (χ0v) is 12.7. The van der Waals surface area contributed by atoms with Gasteiger partial charge in [-0.05, 0) is 27.2 Å². The first-order chi connectivity index (χ1) is 9.04. The van der Waals surface area contributed by atoms with Gasteiger partial charge in [-0.2, -0.15) is 4.98 Å². The third-order valence-electron chi connectivity index (χ3n) is 2.72. The summed E-state index contributed by atoms with van der Waals surface area (Å²) in [6.07, 6.45) is 3.19. The van der Waals surface area contributed by atoms with Crippen molar-refractivity contribution in [3.8, 4) is 0 Å². The monoisotopic (exact) mass is 266 g/mol. The third kappa shape index (κ3) is 5.42. The van der Waals surface area contributed by atoms with Gasteiger partial charge in [-0.1, -0.05) is 6.92 Å². The number of aromatic nitrogens is 2. The summed E-state index contributed by atoms with van der Waals surface area (Å²) in [5.74, 6) is 1.65. The lowest BCUT2D eigenvalue weighted by Crippen LogP contribution is -2.26.